The molecule has 1 N–H and O–H groups in total. The highest BCUT2D eigenvalue weighted by Crippen LogP contribution is 2.32. The zero-order valence-electron chi connectivity index (χ0n) is 20.1. The molecule has 11 heteroatoms. The number of rotatable bonds is 9. The lowest BCUT2D eigenvalue weighted by atomic mass is 10.1. The number of nitrogens with one attached hydrogen (secondary N) is 1. The van der Waals surface area contributed by atoms with Crippen LogP contribution in [-0.2, 0) is 21.2 Å². The number of nitrogens with zero attached hydrogens (tertiary/aromatic N) is 6. The van der Waals surface area contributed by atoms with Crippen molar-refractivity contribution in [2.75, 3.05) is 36.4 Å². The molecule has 1 aliphatic heterocycles. The van der Waals surface area contributed by atoms with Crippen molar-refractivity contribution in [2.45, 2.75) is 44.4 Å². The molecule has 0 atom stereocenters. The average molecular weight is 498 g/mol. The van der Waals surface area contributed by atoms with Crippen molar-refractivity contribution in [2.24, 2.45) is 0 Å². The molecule has 0 aliphatic carbocycles. The first-order chi connectivity index (χ1) is 16.9. The van der Waals surface area contributed by atoms with E-state index in [4.69, 9.17) is 0 Å². The summed E-state index contributed by atoms with van der Waals surface area (Å²) in [5, 5.41) is 14.1. The van der Waals surface area contributed by atoms with Crippen LogP contribution in [0.15, 0.2) is 53.7 Å². The minimum Gasteiger partial charge on any atom is -0.370 e. The largest absolute Gasteiger partial charge is 0.370 e. The summed E-state index contributed by atoms with van der Waals surface area (Å²) in [6.45, 7) is 6.16. The van der Waals surface area contributed by atoms with E-state index >= 15 is 0 Å². The highest BCUT2D eigenvalue weighted by Gasteiger charge is 2.24. The summed E-state index contributed by atoms with van der Waals surface area (Å²) in [7, 11) is -3.65. The van der Waals surface area contributed by atoms with Crippen molar-refractivity contribution < 1.29 is 13.2 Å². The quantitative estimate of drug-likeness (QED) is 0.484. The summed E-state index contributed by atoms with van der Waals surface area (Å²) in [5.41, 5.74) is 2.99. The fourth-order valence-corrected chi connectivity index (χ4v) is 5.81. The fraction of sp³-hybridized carbons (Fsp3) is 0.417. The van der Waals surface area contributed by atoms with E-state index in [2.05, 4.69) is 25.7 Å². The predicted octanol–water partition coefficient (Wildman–Crippen LogP) is 2.86. The van der Waals surface area contributed by atoms with Crippen molar-refractivity contribution in [1.82, 2.24) is 24.5 Å². The Bertz CT molecular complexity index is 1230. The second-order valence-electron chi connectivity index (χ2n) is 8.46. The van der Waals surface area contributed by atoms with Crippen LogP contribution in [-0.4, -0.2) is 65.0 Å². The Morgan fingerprint density at radius 1 is 1.03 bits per heavy atom. The van der Waals surface area contributed by atoms with Gasteiger partial charge in [0, 0.05) is 26.2 Å². The summed E-state index contributed by atoms with van der Waals surface area (Å²) in [4.78, 5) is 15.4. The number of sulfonamides is 1. The minimum absolute atomic E-state index is 0.155. The summed E-state index contributed by atoms with van der Waals surface area (Å²) in [6, 6.07) is 12.4. The van der Waals surface area contributed by atoms with Crippen LogP contribution in [0.1, 0.15) is 38.7 Å². The summed E-state index contributed by atoms with van der Waals surface area (Å²) < 4.78 is 29.2. The van der Waals surface area contributed by atoms with E-state index in [9.17, 15) is 13.2 Å². The number of hydrogen-bond acceptors (Lipinski definition) is 7. The molecular formula is C24H31N7O3S. The van der Waals surface area contributed by atoms with E-state index in [0.29, 0.717) is 18.8 Å². The van der Waals surface area contributed by atoms with Gasteiger partial charge in [0.15, 0.2) is 0 Å². The molecule has 1 saturated heterocycles. The number of carbonyl (C=O) groups is 1. The Kier molecular flexibility index (Phi) is 7.76. The van der Waals surface area contributed by atoms with Crippen LogP contribution in [0.5, 0.6) is 0 Å². The number of amides is 1. The zero-order chi connectivity index (χ0) is 24.8. The number of piperidine rings is 1. The molecule has 1 aliphatic rings. The number of tetrazole rings is 1. The number of carbonyl (C=O) groups excluding carboxylic acids is 1. The molecule has 0 bridgehead atoms. The third-order valence-electron chi connectivity index (χ3n) is 6.20. The van der Waals surface area contributed by atoms with Gasteiger partial charge in [-0.3, -0.25) is 4.79 Å². The molecule has 1 aromatic heterocycles. The molecule has 0 unspecified atom stereocenters. The second kappa shape index (κ2) is 11.0. The third kappa shape index (κ3) is 5.68. The molecule has 0 radical (unpaired) electrons. The molecule has 35 heavy (non-hydrogen) atoms. The SMILES string of the molecule is CCN(CC)S(=O)(=O)c1ccc(N2CCCCC2)c(NC(=O)Cc2ccc(-n3cnnn3)cc2)c1. The van der Waals surface area contributed by atoms with Gasteiger partial charge in [-0.05, 0) is 65.6 Å². The van der Waals surface area contributed by atoms with E-state index < -0.39 is 10.0 Å². The Hall–Kier alpha value is -3.31. The van der Waals surface area contributed by atoms with Crippen molar-refractivity contribution in [1.29, 1.82) is 0 Å². The summed E-state index contributed by atoms with van der Waals surface area (Å²) in [5.74, 6) is -0.212. The maximum atomic E-state index is 13.1. The highest BCUT2D eigenvalue weighted by molar-refractivity contribution is 7.89. The normalized spacial score (nSPS) is 14.3. The highest BCUT2D eigenvalue weighted by atomic mass is 32.2. The smallest absolute Gasteiger partial charge is 0.243 e. The van der Waals surface area contributed by atoms with Gasteiger partial charge in [0.1, 0.15) is 6.33 Å². The monoisotopic (exact) mass is 497 g/mol. The Labute approximate surface area is 206 Å². The molecule has 2 aromatic carbocycles. The van der Waals surface area contributed by atoms with Gasteiger partial charge in [-0.1, -0.05) is 26.0 Å². The van der Waals surface area contributed by atoms with E-state index in [1.54, 1.807) is 12.1 Å². The van der Waals surface area contributed by atoms with Crippen LogP contribution >= 0.6 is 0 Å². The molecule has 1 amide bonds. The van der Waals surface area contributed by atoms with E-state index in [-0.39, 0.29) is 17.2 Å². The predicted molar refractivity (Wildman–Crippen MR) is 134 cm³/mol. The van der Waals surface area contributed by atoms with Gasteiger partial charge in [-0.2, -0.15) is 4.31 Å². The van der Waals surface area contributed by atoms with Crippen LogP contribution in [0.3, 0.4) is 0 Å². The standard InChI is InChI=1S/C24H31N7O3S/c1-3-30(4-2)35(33,34)21-12-13-23(29-14-6-5-7-15-29)22(17-21)26-24(32)16-19-8-10-20(11-9-19)31-18-25-27-28-31/h8-13,17-18H,3-7,14-16H2,1-2H3,(H,26,32). The lowest BCUT2D eigenvalue weighted by molar-refractivity contribution is -0.115. The van der Waals surface area contributed by atoms with Crippen LogP contribution in [0.4, 0.5) is 11.4 Å². The van der Waals surface area contributed by atoms with Crippen molar-refractivity contribution in [3.05, 3.63) is 54.4 Å². The first-order valence-corrected chi connectivity index (χ1v) is 13.4. The van der Waals surface area contributed by atoms with Crippen molar-refractivity contribution in [3.63, 3.8) is 0 Å². The third-order valence-corrected chi connectivity index (χ3v) is 8.24. The van der Waals surface area contributed by atoms with Gasteiger partial charge in [0.05, 0.1) is 28.4 Å². The van der Waals surface area contributed by atoms with Crippen LogP contribution in [0, 0.1) is 0 Å². The molecule has 10 nitrogen and oxygen atoms in total. The van der Waals surface area contributed by atoms with Gasteiger partial charge in [0.2, 0.25) is 15.9 Å². The maximum Gasteiger partial charge on any atom is 0.243 e. The van der Waals surface area contributed by atoms with Crippen molar-refractivity contribution in [3.8, 4) is 5.69 Å². The Morgan fingerprint density at radius 2 is 1.74 bits per heavy atom. The molecule has 2 heterocycles. The number of aromatic nitrogens is 4. The van der Waals surface area contributed by atoms with Gasteiger partial charge in [-0.15, -0.1) is 5.10 Å². The molecule has 1 fully saturated rings. The van der Waals surface area contributed by atoms with E-state index in [1.807, 2.05) is 44.2 Å². The van der Waals surface area contributed by atoms with Gasteiger partial charge < -0.3 is 10.2 Å². The van der Waals surface area contributed by atoms with E-state index in [0.717, 1.165) is 42.9 Å². The number of hydrogen-bond donors (Lipinski definition) is 1. The molecule has 0 spiro atoms. The average Bonchev–Trinajstić information content (AvgIpc) is 3.41. The molecule has 3 aromatic rings. The second-order valence-corrected chi connectivity index (χ2v) is 10.4. The van der Waals surface area contributed by atoms with Crippen LogP contribution < -0.4 is 10.2 Å². The van der Waals surface area contributed by atoms with Crippen LogP contribution in [0.25, 0.3) is 5.69 Å². The zero-order valence-corrected chi connectivity index (χ0v) is 20.9. The molecule has 186 valence electrons. The summed E-state index contributed by atoms with van der Waals surface area (Å²) in [6.07, 6.45) is 4.97. The maximum absolute atomic E-state index is 13.1. The first-order valence-electron chi connectivity index (χ1n) is 11.9. The molecular weight excluding hydrogens is 466 g/mol. The Morgan fingerprint density at radius 3 is 2.37 bits per heavy atom. The van der Waals surface area contributed by atoms with Gasteiger partial charge in [0.25, 0.3) is 0 Å². The topological polar surface area (TPSA) is 113 Å². The molecule has 4 rings (SSSR count). The lowest BCUT2D eigenvalue weighted by Crippen LogP contribution is -2.32. The van der Waals surface area contributed by atoms with Gasteiger partial charge >= 0.3 is 0 Å². The van der Waals surface area contributed by atoms with Gasteiger partial charge in [-0.25, -0.2) is 13.1 Å². The lowest BCUT2D eigenvalue weighted by Gasteiger charge is -2.31. The number of benzene rings is 2. The minimum atomic E-state index is -3.65. The first kappa shape index (κ1) is 24.8. The summed E-state index contributed by atoms with van der Waals surface area (Å²) >= 11 is 0. The Balaban J connectivity index is 1.57. The fourth-order valence-electron chi connectivity index (χ4n) is 4.32. The van der Waals surface area contributed by atoms with Crippen molar-refractivity contribution >= 4 is 27.3 Å². The van der Waals surface area contributed by atoms with E-state index in [1.165, 1.54) is 21.7 Å². The number of anilines is 2. The van der Waals surface area contributed by atoms with Crippen LogP contribution in [0.2, 0.25) is 0 Å². The molecule has 0 saturated carbocycles.